The number of hydrogen-bond acceptors (Lipinski definition) is 5. The molecule has 2 aliphatic rings. The lowest BCUT2D eigenvalue weighted by atomic mass is 9.80. The SMILES string of the molecule is O=C(CN1C(=O)NC2(CCC(F)(F)CC2)C1=O)c1ccc(-c2nccc3ccncc23)cc1. The van der Waals surface area contributed by atoms with Gasteiger partial charge in [-0.25, -0.2) is 13.6 Å². The zero-order valence-electron chi connectivity index (χ0n) is 17.6. The first-order chi connectivity index (χ1) is 15.8. The van der Waals surface area contributed by atoms with Gasteiger partial charge in [0.15, 0.2) is 5.78 Å². The minimum Gasteiger partial charge on any atom is -0.323 e. The second-order valence-electron chi connectivity index (χ2n) is 8.52. The molecule has 7 nitrogen and oxygen atoms in total. The first kappa shape index (κ1) is 21.1. The summed E-state index contributed by atoms with van der Waals surface area (Å²) in [6.07, 6.45) is 3.90. The van der Waals surface area contributed by atoms with Gasteiger partial charge in [0.25, 0.3) is 5.91 Å². The number of imide groups is 1. The number of benzene rings is 1. The van der Waals surface area contributed by atoms with Gasteiger partial charge in [0.1, 0.15) is 5.54 Å². The number of urea groups is 1. The summed E-state index contributed by atoms with van der Waals surface area (Å²) in [6, 6.07) is 9.78. The number of halogens is 2. The number of aromatic nitrogens is 2. The van der Waals surface area contributed by atoms with Gasteiger partial charge in [-0.15, -0.1) is 0 Å². The van der Waals surface area contributed by atoms with Gasteiger partial charge in [-0.2, -0.15) is 0 Å². The lowest BCUT2D eigenvalue weighted by molar-refractivity contribution is -0.135. The maximum Gasteiger partial charge on any atom is 0.325 e. The Kier molecular flexibility index (Phi) is 4.92. The fraction of sp³-hybridized carbons (Fsp3) is 0.292. The molecule has 33 heavy (non-hydrogen) atoms. The molecule has 1 spiro atoms. The lowest BCUT2D eigenvalue weighted by Crippen LogP contribution is -2.51. The minimum absolute atomic E-state index is 0.142. The highest BCUT2D eigenvalue weighted by Crippen LogP contribution is 2.41. The van der Waals surface area contributed by atoms with E-state index in [1.165, 1.54) is 0 Å². The quantitative estimate of drug-likeness (QED) is 0.480. The number of hydrogen-bond donors (Lipinski definition) is 1. The van der Waals surface area contributed by atoms with Gasteiger partial charge in [0.05, 0.1) is 12.2 Å². The average Bonchev–Trinajstić information content (AvgIpc) is 3.05. The molecule has 0 bridgehead atoms. The molecule has 1 N–H and O–H groups in total. The Labute approximate surface area is 187 Å². The van der Waals surface area contributed by atoms with Gasteiger partial charge in [-0.3, -0.25) is 24.5 Å². The maximum atomic E-state index is 13.5. The molecule has 9 heteroatoms. The molecular weight excluding hydrogens is 430 g/mol. The van der Waals surface area contributed by atoms with Gasteiger partial charge in [0.2, 0.25) is 5.92 Å². The Hall–Kier alpha value is -3.75. The third kappa shape index (κ3) is 3.73. The average molecular weight is 450 g/mol. The molecule has 3 amide bonds. The smallest absolute Gasteiger partial charge is 0.323 e. The molecule has 0 unspecified atom stereocenters. The third-order valence-electron chi connectivity index (χ3n) is 6.43. The molecule has 5 rings (SSSR count). The summed E-state index contributed by atoms with van der Waals surface area (Å²) in [4.78, 5) is 47.5. The number of nitrogens with zero attached hydrogens (tertiary/aromatic N) is 3. The Morgan fingerprint density at radius 2 is 1.70 bits per heavy atom. The van der Waals surface area contributed by atoms with Crippen LogP contribution in [0, 0.1) is 0 Å². The number of amides is 3. The van der Waals surface area contributed by atoms with Crippen molar-refractivity contribution in [1.29, 1.82) is 0 Å². The van der Waals surface area contributed by atoms with Gasteiger partial charge in [-0.05, 0) is 30.4 Å². The van der Waals surface area contributed by atoms with Crippen LogP contribution in [0.1, 0.15) is 36.0 Å². The molecule has 1 aliphatic carbocycles. The van der Waals surface area contributed by atoms with Crippen molar-refractivity contribution in [2.45, 2.75) is 37.1 Å². The van der Waals surface area contributed by atoms with E-state index in [0.717, 1.165) is 26.9 Å². The molecule has 1 saturated heterocycles. The van der Waals surface area contributed by atoms with Crippen molar-refractivity contribution in [1.82, 2.24) is 20.2 Å². The molecule has 0 atom stereocenters. The molecule has 0 radical (unpaired) electrons. The van der Waals surface area contributed by atoms with E-state index >= 15 is 0 Å². The standard InChI is InChI=1S/C24H20F2N4O3/c25-24(26)9-7-23(8-10-24)21(32)30(22(33)29-23)14-19(31)16-1-3-17(4-2-16)20-18-13-27-11-5-15(18)6-12-28-20/h1-6,11-13H,7-10,14H2,(H,29,33). The van der Waals surface area contributed by atoms with Crippen LogP contribution in [0.2, 0.25) is 0 Å². The maximum absolute atomic E-state index is 13.5. The predicted octanol–water partition coefficient (Wildman–Crippen LogP) is 3.98. The fourth-order valence-corrected chi connectivity index (χ4v) is 4.49. The van der Waals surface area contributed by atoms with E-state index in [9.17, 15) is 23.2 Å². The number of fused-ring (bicyclic) bond motifs is 1. The number of carbonyl (C=O) groups is 3. The summed E-state index contributed by atoms with van der Waals surface area (Å²) in [5, 5.41) is 4.41. The van der Waals surface area contributed by atoms with Crippen LogP contribution in [0.4, 0.5) is 13.6 Å². The van der Waals surface area contributed by atoms with Crippen molar-refractivity contribution < 1.29 is 23.2 Å². The van der Waals surface area contributed by atoms with E-state index < -0.39 is 48.6 Å². The van der Waals surface area contributed by atoms with Crippen molar-refractivity contribution in [3.8, 4) is 11.3 Å². The minimum atomic E-state index is -2.84. The van der Waals surface area contributed by atoms with Crippen LogP contribution in [-0.4, -0.2) is 50.6 Å². The molecule has 168 valence electrons. The second kappa shape index (κ2) is 7.68. The van der Waals surface area contributed by atoms with E-state index in [2.05, 4.69) is 15.3 Å². The largest absolute Gasteiger partial charge is 0.325 e. The number of rotatable bonds is 4. The number of carbonyl (C=O) groups excluding carboxylic acids is 3. The van der Waals surface area contributed by atoms with Crippen LogP contribution < -0.4 is 5.32 Å². The van der Waals surface area contributed by atoms with E-state index in [0.29, 0.717) is 5.56 Å². The molecular formula is C24H20F2N4O3. The lowest BCUT2D eigenvalue weighted by Gasteiger charge is -2.34. The molecule has 3 heterocycles. The van der Waals surface area contributed by atoms with Gasteiger partial charge < -0.3 is 5.32 Å². The predicted molar refractivity (Wildman–Crippen MR) is 116 cm³/mol. The number of ketones is 1. The monoisotopic (exact) mass is 450 g/mol. The Balaban J connectivity index is 1.32. The van der Waals surface area contributed by atoms with Gasteiger partial charge in [-0.1, -0.05) is 24.3 Å². The van der Waals surface area contributed by atoms with E-state index in [1.54, 1.807) is 42.9 Å². The number of alkyl halides is 2. The van der Waals surface area contributed by atoms with Crippen molar-refractivity contribution >= 4 is 28.5 Å². The Morgan fingerprint density at radius 1 is 1.00 bits per heavy atom. The van der Waals surface area contributed by atoms with Crippen LogP contribution in [-0.2, 0) is 4.79 Å². The topological polar surface area (TPSA) is 92.3 Å². The third-order valence-corrected chi connectivity index (χ3v) is 6.43. The summed E-state index contributed by atoms with van der Waals surface area (Å²) in [7, 11) is 0. The Morgan fingerprint density at radius 3 is 2.42 bits per heavy atom. The van der Waals surface area contributed by atoms with Crippen molar-refractivity contribution in [2.75, 3.05) is 6.54 Å². The van der Waals surface area contributed by atoms with E-state index in [1.807, 2.05) is 12.1 Å². The van der Waals surface area contributed by atoms with E-state index in [-0.39, 0.29) is 12.8 Å². The first-order valence-corrected chi connectivity index (χ1v) is 10.6. The second-order valence-corrected chi connectivity index (χ2v) is 8.52. The zero-order chi connectivity index (χ0) is 23.2. The zero-order valence-corrected chi connectivity index (χ0v) is 17.6. The summed E-state index contributed by atoms with van der Waals surface area (Å²) in [5.41, 5.74) is 0.512. The highest BCUT2D eigenvalue weighted by atomic mass is 19.3. The molecule has 1 saturated carbocycles. The van der Waals surface area contributed by atoms with Crippen LogP contribution in [0.25, 0.3) is 22.0 Å². The molecule has 3 aromatic rings. The normalized spacial score (nSPS) is 19.2. The first-order valence-electron chi connectivity index (χ1n) is 10.6. The summed E-state index contributed by atoms with van der Waals surface area (Å²) >= 11 is 0. The summed E-state index contributed by atoms with van der Waals surface area (Å²) in [5.74, 6) is -3.87. The number of Topliss-reactive ketones (excluding diaryl/α,β-unsaturated/α-hetero) is 1. The highest BCUT2D eigenvalue weighted by molar-refractivity contribution is 6.11. The van der Waals surface area contributed by atoms with Gasteiger partial charge >= 0.3 is 6.03 Å². The van der Waals surface area contributed by atoms with Crippen LogP contribution in [0.3, 0.4) is 0 Å². The summed E-state index contributed by atoms with van der Waals surface area (Å²) < 4.78 is 27.1. The van der Waals surface area contributed by atoms with Gasteiger partial charge in [0, 0.05) is 47.9 Å². The van der Waals surface area contributed by atoms with Crippen LogP contribution >= 0.6 is 0 Å². The molecule has 2 fully saturated rings. The van der Waals surface area contributed by atoms with Crippen molar-refractivity contribution in [3.05, 3.63) is 60.6 Å². The highest BCUT2D eigenvalue weighted by Gasteiger charge is 2.55. The molecule has 2 aromatic heterocycles. The number of pyridine rings is 2. The molecule has 1 aliphatic heterocycles. The molecule has 1 aromatic carbocycles. The van der Waals surface area contributed by atoms with E-state index in [4.69, 9.17) is 0 Å². The van der Waals surface area contributed by atoms with Crippen molar-refractivity contribution in [2.24, 2.45) is 0 Å². The Bertz CT molecular complexity index is 1260. The number of nitrogens with one attached hydrogen (secondary N) is 1. The van der Waals surface area contributed by atoms with Crippen molar-refractivity contribution in [3.63, 3.8) is 0 Å². The van der Waals surface area contributed by atoms with Crippen LogP contribution in [0.15, 0.2) is 55.0 Å². The summed E-state index contributed by atoms with van der Waals surface area (Å²) in [6.45, 7) is -0.446. The fourth-order valence-electron chi connectivity index (χ4n) is 4.49. The van der Waals surface area contributed by atoms with Crippen LogP contribution in [0.5, 0.6) is 0 Å².